The number of rotatable bonds is 5. The first-order valence-electron chi connectivity index (χ1n) is 8.85. The highest BCUT2D eigenvalue weighted by Gasteiger charge is 2.31. The van der Waals surface area contributed by atoms with Crippen LogP contribution in [-0.2, 0) is 11.3 Å². The summed E-state index contributed by atoms with van der Waals surface area (Å²) in [6.07, 6.45) is 3.72. The lowest BCUT2D eigenvalue weighted by Gasteiger charge is -2.23. The van der Waals surface area contributed by atoms with Gasteiger partial charge in [0.15, 0.2) is 17.0 Å². The lowest BCUT2D eigenvalue weighted by molar-refractivity contribution is -0.131. The topological polar surface area (TPSA) is 152 Å². The molecule has 3 rings (SSSR count). The third-order valence-electron chi connectivity index (χ3n) is 4.23. The molecule has 5 N–H and O–H groups in total. The van der Waals surface area contributed by atoms with Gasteiger partial charge in [-0.15, -0.1) is 5.10 Å². The highest BCUT2D eigenvalue weighted by atomic mass is 16.4. The Labute approximate surface area is 160 Å². The molecule has 1 aliphatic rings. The first-order valence-corrected chi connectivity index (χ1v) is 8.85. The molecule has 10 nitrogen and oxygen atoms in total. The van der Waals surface area contributed by atoms with Crippen LogP contribution in [0.1, 0.15) is 49.5 Å². The van der Waals surface area contributed by atoms with Crippen LogP contribution in [0, 0.1) is 5.41 Å². The Morgan fingerprint density at radius 1 is 1.36 bits per heavy atom. The van der Waals surface area contributed by atoms with E-state index in [1.807, 2.05) is 20.8 Å². The van der Waals surface area contributed by atoms with E-state index >= 15 is 0 Å². The molecule has 2 aromatic rings. The molecular formula is C18H23N5O5. The van der Waals surface area contributed by atoms with E-state index in [1.165, 1.54) is 10.6 Å². The fourth-order valence-corrected chi connectivity index (χ4v) is 2.90. The molecule has 10 heteroatoms. The Morgan fingerprint density at radius 3 is 2.54 bits per heavy atom. The zero-order valence-corrected chi connectivity index (χ0v) is 15.9. The van der Waals surface area contributed by atoms with Crippen LogP contribution in [0.15, 0.2) is 10.9 Å². The zero-order chi connectivity index (χ0) is 20.8. The van der Waals surface area contributed by atoms with Crippen molar-refractivity contribution < 1.29 is 19.8 Å². The van der Waals surface area contributed by atoms with E-state index < -0.39 is 28.9 Å². The van der Waals surface area contributed by atoms with E-state index in [1.54, 1.807) is 0 Å². The second-order valence-corrected chi connectivity index (χ2v) is 8.10. The summed E-state index contributed by atoms with van der Waals surface area (Å²) in [5, 5.41) is 26.4. The number of amides is 1. The van der Waals surface area contributed by atoms with Crippen LogP contribution in [0.25, 0.3) is 11.7 Å². The van der Waals surface area contributed by atoms with Gasteiger partial charge < -0.3 is 21.3 Å². The van der Waals surface area contributed by atoms with Gasteiger partial charge in [-0.2, -0.15) is 4.52 Å². The second kappa shape index (κ2) is 6.70. The van der Waals surface area contributed by atoms with Crippen LogP contribution in [0.3, 0.4) is 0 Å². The summed E-state index contributed by atoms with van der Waals surface area (Å²) < 4.78 is 2.30. The maximum Gasteiger partial charge on any atom is 0.328 e. The number of nitrogens with zero attached hydrogens (tertiary/aromatic N) is 3. The molecular weight excluding hydrogens is 366 g/mol. The predicted molar refractivity (Wildman–Crippen MR) is 102 cm³/mol. The van der Waals surface area contributed by atoms with Crippen molar-refractivity contribution in [3.05, 3.63) is 27.6 Å². The number of nitrogens with one attached hydrogen (secondary N) is 1. The highest BCUT2D eigenvalue weighted by Crippen LogP contribution is 2.29. The van der Waals surface area contributed by atoms with Crippen molar-refractivity contribution in [2.75, 3.05) is 5.73 Å². The van der Waals surface area contributed by atoms with Crippen LogP contribution >= 0.6 is 0 Å². The molecule has 0 bridgehead atoms. The Balaban J connectivity index is 2.32. The van der Waals surface area contributed by atoms with Gasteiger partial charge in [-0.1, -0.05) is 20.8 Å². The molecule has 1 aliphatic carbocycles. The van der Waals surface area contributed by atoms with E-state index in [4.69, 9.17) is 10.8 Å². The number of hydrogen-bond acceptors (Lipinski definition) is 6. The first-order chi connectivity index (χ1) is 13.0. The SMILES string of the molecule is CC(C)(C)Cn1c(O)c(C(=O)NC2CC2)c(=O)n2nc(N)c(/C=C/C(=O)O)c12. The number of fused-ring (bicyclic) bond motifs is 1. The smallest absolute Gasteiger partial charge is 0.328 e. The summed E-state index contributed by atoms with van der Waals surface area (Å²) in [5.74, 6) is -2.47. The number of carbonyl (C=O) groups excluding carboxylic acids is 1. The van der Waals surface area contributed by atoms with Crippen molar-refractivity contribution in [3.63, 3.8) is 0 Å². The van der Waals surface area contributed by atoms with E-state index in [2.05, 4.69) is 10.4 Å². The van der Waals surface area contributed by atoms with E-state index in [0.29, 0.717) is 0 Å². The molecule has 0 aromatic carbocycles. The molecule has 1 fully saturated rings. The molecule has 0 radical (unpaired) electrons. The van der Waals surface area contributed by atoms with E-state index in [9.17, 15) is 19.5 Å². The largest absolute Gasteiger partial charge is 0.494 e. The lowest BCUT2D eigenvalue weighted by atomic mass is 9.96. The molecule has 0 atom stereocenters. The summed E-state index contributed by atoms with van der Waals surface area (Å²) in [4.78, 5) is 36.4. The number of aromatic hydroxyl groups is 1. The Bertz CT molecular complexity index is 1050. The Morgan fingerprint density at radius 2 is 2.00 bits per heavy atom. The number of hydrogen-bond donors (Lipinski definition) is 4. The van der Waals surface area contributed by atoms with Crippen molar-refractivity contribution in [1.29, 1.82) is 0 Å². The first kappa shape index (κ1) is 19.5. The van der Waals surface area contributed by atoms with Gasteiger partial charge in [-0.25, -0.2) is 4.79 Å². The minimum Gasteiger partial charge on any atom is -0.494 e. The third-order valence-corrected chi connectivity index (χ3v) is 4.23. The third kappa shape index (κ3) is 3.71. The molecule has 150 valence electrons. The molecule has 2 aromatic heterocycles. The van der Waals surface area contributed by atoms with Gasteiger partial charge in [-0.05, 0) is 24.3 Å². The average Bonchev–Trinajstić information content (AvgIpc) is 3.30. The summed E-state index contributed by atoms with van der Waals surface area (Å²) in [5.41, 5.74) is 4.61. The van der Waals surface area contributed by atoms with Crippen LogP contribution in [0.4, 0.5) is 5.82 Å². The quantitative estimate of drug-likeness (QED) is 0.552. The highest BCUT2D eigenvalue weighted by molar-refractivity contribution is 5.97. The molecule has 1 amide bonds. The molecule has 0 unspecified atom stereocenters. The van der Waals surface area contributed by atoms with Gasteiger partial charge in [0.1, 0.15) is 0 Å². The van der Waals surface area contributed by atoms with Crippen LogP contribution in [0.5, 0.6) is 5.88 Å². The monoisotopic (exact) mass is 389 g/mol. The number of carboxylic acid groups (broad SMARTS) is 1. The Kier molecular flexibility index (Phi) is 4.66. The minimum absolute atomic E-state index is 0.00480. The molecule has 28 heavy (non-hydrogen) atoms. The number of carboxylic acids is 1. The molecule has 1 saturated carbocycles. The lowest BCUT2D eigenvalue weighted by Crippen LogP contribution is -2.35. The van der Waals surface area contributed by atoms with Gasteiger partial charge in [0, 0.05) is 18.7 Å². The van der Waals surface area contributed by atoms with Crippen LogP contribution < -0.4 is 16.6 Å². The summed E-state index contributed by atoms with van der Waals surface area (Å²) in [6.45, 7) is 5.97. The summed E-state index contributed by atoms with van der Waals surface area (Å²) in [6, 6.07) is -0.00480. The summed E-state index contributed by atoms with van der Waals surface area (Å²) >= 11 is 0. The minimum atomic E-state index is -1.20. The Hall–Kier alpha value is -3.30. The normalized spacial score (nSPS) is 14.7. The van der Waals surface area contributed by atoms with Crippen LogP contribution in [0.2, 0.25) is 0 Å². The van der Waals surface area contributed by atoms with E-state index in [0.717, 1.165) is 23.4 Å². The average molecular weight is 389 g/mol. The zero-order valence-electron chi connectivity index (χ0n) is 15.9. The van der Waals surface area contributed by atoms with Crippen molar-refractivity contribution in [2.24, 2.45) is 5.41 Å². The van der Waals surface area contributed by atoms with Crippen molar-refractivity contribution in [1.82, 2.24) is 19.5 Å². The summed E-state index contributed by atoms with van der Waals surface area (Å²) in [7, 11) is 0. The molecule has 2 heterocycles. The number of nitrogens with two attached hydrogens (primary N) is 1. The number of aliphatic carboxylic acids is 1. The molecule has 0 saturated heterocycles. The molecule has 0 spiro atoms. The second-order valence-electron chi connectivity index (χ2n) is 8.10. The van der Waals surface area contributed by atoms with Crippen molar-refractivity contribution >= 4 is 29.4 Å². The fraction of sp³-hybridized carbons (Fsp3) is 0.444. The number of anilines is 1. The number of carbonyl (C=O) groups is 2. The standard InChI is InChI=1S/C18H23N5O5/c1-18(2,3)8-22-15-10(6-7-11(24)25)13(19)21-23(15)17(28)12(16(22)27)14(26)20-9-4-5-9/h6-7,9,27H,4-5,8H2,1-3H3,(H2,19,21)(H,20,26)(H,24,25)/b7-6+. The van der Waals surface area contributed by atoms with E-state index in [-0.39, 0.29) is 35.0 Å². The number of nitrogen functional groups attached to an aromatic ring is 1. The molecule has 0 aliphatic heterocycles. The fourth-order valence-electron chi connectivity index (χ4n) is 2.90. The van der Waals surface area contributed by atoms with Gasteiger partial charge >= 0.3 is 5.97 Å². The maximum absolute atomic E-state index is 12.9. The van der Waals surface area contributed by atoms with Crippen LogP contribution in [-0.4, -0.2) is 42.3 Å². The number of aromatic nitrogens is 3. The van der Waals surface area contributed by atoms with Gasteiger partial charge in [0.25, 0.3) is 11.5 Å². The van der Waals surface area contributed by atoms with Crippen molar-refractivity contribution in [3.8, 4) is 5.88 Å². The van der Waals surface area contributed by atoms with Gasteiger partial charge in [-0.3, -0.25) is 14.2 Å². The van der Waals surface area contributed by atoms with Crippen molar-refractivity contribution in [2.45, 2.75) is 46.2 Å². The predicted octanol–water partition coefficient (Wildman–Crippen LogP) is 0.820. The van der Waals surface area contributed by atoms with Gasteiger partial charge in [0.05, 0.1) is 5.56 Å². The maximum atomic E-state index is 12.9. The van der Waals surface area contributed by atoms with Gasteiger partial charge in [0.2, 0.25) is 5.88 Å².